The fraction of sp³-hybridized carbons (Fsp3) is 0.333. The molecule has 3 aromatic carbocycles. The van der Waals surface area contributed by atoms with Gasteiger partial charge in [0.15, 0.2) is 11.5 Å². The van der Waals surface area contributed by atoms with Gasteiger partial charge in [0.25, 0.3) is 0 Å². The third-order valence-electron chi connectivity index (χ3n) is 5.28. The van der Waals surface area contributed by atoms with E-state index in [0.717, 1.165) is 30.9 Å². The third-order valence-corrected chi connectivity index (χ3v) is 5.28. The van der Waals surface area contributed by atoms with Gasteiger partial charge < -0.3 is 14.8 Å². The predicted molar refractivity (Wildman–Crippen MR) is 124 cm³/mol. The van der Waals surface area contributed by atoms with Crippen LogP contribution in [0.25, 0.3) is 0 Å². The van der Waals surface area contributed by atoms with E-state index in [-0.39, 0.29) is 0 Å². The molecule has 0 heterocycles. The molecule has 30 heavy (non-hydrogen) atoms. The number of hydrogen-bond donors (Lipinski definition) is 1. The van der Waals surface area contributed by atoms with Crippen molar-refractivity contribution in [3.8, 4) is 11.5 Å². The van der Waals surface area contributed by atoms with E-state index in [4.69, 9.17) is 9.47 Å². The summed E-state index contributed by atoms with van der Waals surface area (Å²) in [7, 11) is 0. The van der Waals surface area contributed by atoms with Gasteiger partial charge in [-0.1, -0.05) is 74.0 Å². The molecule has 0 saturated heterocycles. The molecule has 0 bridgehead atoms. The number of hydrogen-bond acceptors (Lipinski definition) is 3. The summed E-state index contributed by atoms with van der Waals surface area (Å²) >= 11 is 0. The first-order chi connectivity index (χ1) is 14.7. The molecule has 3 aromatic rings. The minimum absolute atomic E-state index is 0.351. The van der Waals surface area contributed by atoms with Crippen molar-refractivity contribution in [3.63, 3.8) is 0 Å². The fourth-order valence-corrected chi connectivity index (χ4v) is 3.58. The molecule has 0 saturated carbocycles. The van der Waals surface area contributed by atoms with Gasteiger partial charge in [0.05, 0.1) is 6.61 Å². The summed E-state index contributed by atoms with van der Waals surface area (Å²) in [4.78, 5) is 0. The molecule has 0 aliphatic heterocycles. The predicted octanol–water partition coefficient (Wildman–Crippen LogP) is 6.60. The van der Waals surface area contributed by atoms with E-state index in [2.05, 4.69) is 73.8 Å². The van der Waals surface area contributed by atoms with Gasteiger partial charge in [-0.3, -0.25) is 0 Å². The van der Waals surface area contributed by atoms with E-state index in [1.807, 2.05) is 25.1 Å². The highest BCUT2D eigenvalue weighted by Crippen LogP contribution is 2.30. The molecule has 3 nitrogen and oxygen atoms in total. The zero-order chi connectivity index (χ0) is 21.2. The van der Waals surface area contributed by atoms with E-state index < -0.39 is 0 Å². The summed E-state index contributed by atoms with van der Waals surface area (Å²) in [5.41, 5.74) is 4.96. The van der Waals surface area contributed by atoms with Gasteiger partial charge in [0.2, 0.25) is 0 Å². The van der Waals surface area contributed by atoms with E-state index in [9.17, 15) is 0 Å². The van der Waals surface area contributed by atoms with Gasteiger partial charge in [-0.25, -0.2) is 0 Å². The maximum Gasteiger partial charge on any atom is 0.161 e. The lowest BCUT2D eigenvalue weighted by atomic mass is 10.0. The van der Waals surface area contributed by atoms with Crippen molar-refractivity contribution >= 4 is 0 Å². The molecule has 0 amide bonds. The first kappa shape index (κ1) is 21.9. The molecule has 0 fully saturated rings. The molecular formula is C27H33NO2. The molecule has 1 N–H and O–H groups in total. The van der Waals surface area contributed by atoms with Crippen molar-refractivity contribution in [2.24, 2.45) is 0 Å². The van der Waals surface area contributed by atoms with E-state index in [1.54, 1.807) is 0 Å². The average Bonchev–Trinajstić information content (AvgIpc) is 2.78. The van der Waals surface area contributed by atoms with Crippen LogP contribution in [0.15, 0.2) is 72.8 Å². The lowest BCUT2D eigenvalue weighted by Gasteiger charge is -2.19. The Morgan fingerprint density at radius 2 is 1.60 bits per heavy atom. The number of ether oxygens (including phenoxy) is 2. The van der Waals surface area contributed by atoms with Gasteiger partial charge in [0.1, 0.15) is 6.61 Å². The zero-order valence-electron chi connectivity index (χ0n) is 18.4. The van der Waals surface area contributed by atoms with Gasteiger partial charge in [-0.05, 0) is 54.7 Å². The summed E-state index contributed by atoms with van der Waals surface area (Å²) in [6.45, 7) is 8.28. The summed E-state index contributed by atoms with van der Waals surface area (Å²) in [6, 6.07) is 25.6. The summed E-state index contributed by atoms with van der Waals surface area (Å²) in [5, 5.41) is 3.71. The van der Waals surface area contributed by atoms with Crippen LogP contribution in [-0.4, -0.2) is 6.61 Å². The molecule has 1 atom stereocenters. The van der Waals surface area contributed by atoms with Crippen molar-refractivity contribution in [2.75, 3.05) is 6.61 Å². The third kappa shape index (κ3) is 6.11. The Kier molecular flexibility index (Phi) is 8.34. The van der Waals surface area contributed by atoms with Crippen LogP contribution in [-0.2, 0) is 13.2 Å². The summed E-state index contributed by atoms with van der Waals surface area (Å²) in [6.07, 6.45) is 2.25. The Hall–Kier alpha value is -2.78. The van der Waals surface area contributed by atoms with Crippen LogP contribution in [0.1, 0.15) is 55.0 Å². The van der Waals surface area contributed by atoms with Gasteiger partial charge >= 0.3 is 0 Å². The molecule has 0 radical (unpaired) electrons. The second-order valence-electron chi connectivity index (χ2n) is 7.56. The Bertz CT molecular complexity index is 908. The molecule has 0 aliphatic rings. The molecule has 0 spiro atoms. The summed E-state index contributed by atoms with van der Waals surface area (Å²) in [5.74, 6) is 1.59. The number of aryl methyl sites for hydroxylation is 1. The van der Waals surface area contributed by atoms with Crippen LogP contribution in [0, 0.1) is 6.92 Å². The topological polar surface area (TPSA) is 30.5 Å². The molecular weight excluding hydrogens is 370 g/mol. The fourth-order valence-electron chi connectivity index (χ4n) is 3.58. The summed E-state index contributed by atoms with van der Waals surface area (Å²) < 4.78 is 12.0. The highest BCUT2D eigenvalue weighted by atomic mass is 16.5. The quantitative estimate of drug-likeness (QED) is 0.391. The monoisotopic (exact) mass is 403 g/mol. The Labute approximate surface area is 181 Å². The van der Waals surface area contributed by atoms with Crippen LogP contribution in [0.4, 0.5) is 0 Å². The van der Waals surface area contributed by atoms with Gasteiger partial charge in [0, 0.05) is 12.6 Å². The van der Waals surface area contributed by atoms with Crippen LogP contribution in [0.5, 0.6) is 11.5 Å². The maximum absolute atomic E-state index is 6.10. The normalized spacial score (nSPS) is 11.8. The minimum Gasteiger partial charge on any atom is -0.490 e. The van der Waals surface area contributed by atoms with Crippen LogP contribution in [0.3, 0.4) is 0 Å². The lowest BCUT2D eigenvalue weighted by Crippen LogP contribution is -2.20. The van der Waals surface area contributed by atoms with Crippen LogP contribution >= 0.6 is 0 Å². The highest BCUT2D eigenvalue weighted by Gasteiger charge is 2.12. The molecule has 158 valence electrons. The van der Waals surface area contributed by atoms with Gasteiger partial charge in [-0.2, -0.15) is 0 Å². The van der Waals surface area contributed by atoms with Crippen molar-refractivity contribution in [1.82, 2.24) is 5.32 Å². The number of benzene rings is 3. The largest absolute Gasteiger partial charge is 0.490 e. The highest BCUT2D eigenvalue weighted by molar-refractivity contribution is 5.43. The first-order valence-corrected chi connectivity index (χ1v) is 10.9. The van der Waals surface area contributed by atoms with Crippen molar-refractivity contribution in [3.05, 3.63) is 95.1 Å². The van der Waals surface area contributed by atoms with E-state index in [1.165, 1.54) is 22.3 Å². The minimum atomic E-state index is 0.351. The Morgan fingerprint density at radius 1 is 0.833 bits per heavy atom. The van der Waals surface area contributed by atoms with Crippen molar-refractivity contribution < 1.29 is 9.47 Å². The second-order valence-corrected chi connectivity index (χ2v) is 7.56. The molecule has 3 heteroatoms. The Morgan fingerprint density at radius 3 is 2.33 bits per heavy atom. The average molecular weight is 404 g/mol. The van der Waals surface area contributed by atoms with Crippen LogP contribution in [0.2, 0.25) is 0 Å². The Balaban J connectivity index is 1.68. The van der Waals surface area contributed by atoms with E-state index >= 15 is 0 Å². The SMILES string of the molecule is CCCC(NCc1ccc(OCc2ccccc2C)c(OCC)c1)c1ccccc1. The lowest BCUT2D eigenvalue weighted by molar-refractivity contribution is 0.268. The molecule has 3 rings (SSSR count). The standard InChI is InChI=1S/C27H33NO2/c1-4-11-25(23-13-7-6-8-14-23)28-19-22-16-17-26(27(18-22)29-5-2)30-20-24-15-10-9-12-21(24)3/h6-10,12-18,25,28H,4-5,11,19-20H2,1-3H3. The smallest absolute Gasteiger partial charge is 0.161 e. The molecule has 0 aliphatic carbocycles. The first-order valence-electron chi connectivity index (χ1n) is 10.9. The number of nitrogens with one attached hydrogen (secondary N) is 1. The van der Waals surface area contributed by atoms with Crippen molar-refractivity contribution in [1.29, 1.82) is 0 Å². The molecule has 0 aromatic heterocycles. The van der Waals surface area contributed by atoms with Crippen molar-refractivity contribution in [2.45, 2.75) is 52.8 Å². The van der Waals surface area contributed by atoms with Gasteiger partial charge in [-0.15, -0.1) is 0 Å². The molecule has 1 unspecified atom stereocenters. The maximum atomic E-state index is 6.10. The van der Waals surface area contributed by atoms with E-state index in [0.29, 0.717) is 19.3 Å². The number of rotatable bonds is 11. The van der Waals surface area contributed by atoms with Crippen LogP contribution < -0.4 is 14.8 Å². The zero-order valence-corrected chi connectivity index (χ0v) is 18.4. The second kappa shape index (κ2) is 11.4.